The van der Waals surface area contributed by atoms with Gasteiger partial charge in [0.1, 0.15) is 0 Å². The van der Waals surface area contributed by atoms with Crippen molar-refractivity contribution in [1.82, 2.24) is 10.2 Å². The molecular formula is C11H24N2OS. The van der Waals surface area contributed by atoms with Gasteiger partial charge >= 0.3 is 0 Å². The van der Waals surface area contributed by atoms with Crippen molar-refractivity contribution in [2.45, 2.75) is 39.3 Å². The molecule has 0 amide bonds. The van der Waals surface area contributed by atoms with Crippen molar-refractivity contribution in [2.24, 2.45) is 0 Å². The van der Waals surface area contributed by atoms with Gasteiger partial charge in [0, 0.05) is 54.0 Å². The molecule has 15 heavy (non-hydrogen) atoms. The predicted octanol–water partition coefficient (Wildman–Crippen LogP) is 0.827. The van der Waals surface area contributed by atoms with Gasteiger partial charge in [-0.15, -0.1) is 0 Å². The Hall–Kier alpha value is 0.0700. The van der Waals surface area contributed by atoms with Crippen LogP contribution in [0.5, 0.6) is 0 Å². The summed E-state index contributed by atoms with van der Waals surface area (Å²) in [6.45, 7) is 9.71. The molecule has 1 fully saturated rings. The summed E-state index contributed by atoms with van der Waals surface area (Å²) in [6.07, 6.45) is 1.18. The van der Waals surface area contributed by atoms with Crippen molar-refractivity contribution in [3.8, 4) is 0 Å². The van der Waals surface area contributed by atoms with Gasteiger partial charge in [0.05, 0.1) is 0 Å². The van der Waals surface area contributed by atoms with E-state index in [1.165, 1.54) is 6.42 Å². The minimum Gasteiger partial charge on any atom is -0.313 e. The Balaban J connectivity index is 2.22. The van der Waals surface area contributed by atoms with Crippen molar-refractivity contribution >= 4 is 10.8 Å². The lowest BCUT2D eigenvalue weighted by Gasteiger charge is -2.32. The fourth-order valence-electron chi connectivity index (χ4n) is 1.74. The van der Waals surface area contributed by atoms with E-state index in [-0.39, 0.29) is 0 Å². The van der Waals surface area contributed by atoms with Crippen LogP contribution in [0.3, 0.4) is 0 Å². The molecule has 1 N–H and O–H groups in total. The molecule has 2 atom stereocenters. The Morgan fingerprint density at radius 2 is 1.93 bits per heavy atom. The number of nitrogens with one attached hydrogen (secondary N) is 1. The fourth-order valence-corrected chi connectivity index (χ4v) is 2.82. The molecule has 0 aromatic carbocycles. The second kappa shape index (κ2) is 6.61. The highest BCUT2D eigenvalue weighted by Crippen LogP contribution is 2.05. The molecule has 0 aromatic rings. The molecule has 3 nitrogen and oxygen atoms in total. The number of hydrogen-bond donors (Lipinski definition) is 1. The Morgan fingerprint density at radius 1 is 1.33 bits per heavy atom. The second-order valence-corrected chi connectivity index (χ2v) is 6.15. The molecule has 1 heterocycles. The van der Waals surface area contributed by atoms with Crippen LogP contribution in [-0.4, -0.2) is 52.3 Å². The first-order valence-corrected chi connectivity index (χ1v) is 7.44. The van der Waals surface area contributed by atoms with Gasteiger partial charge in [-0.1, -0.05) is 6.92 Å². The smallest absolute Gasteiger partial charge is 0.0363 e. The predicted molar refractivity (Wildman–Crippen MR) is 66.7 cm³/mol. The minimum absolute atomic E-state index is 0.554. The van der Waals surface area contributed by atoms with E-state index in [1.54, 1.807) is 0 Å². The van der Waals surface area contributed by atoms with Crippen LogP contribution < -0.4 is 5.32 Å². The second-order valence-electron chi connectivity index (χ2n) is 4.45. The maximum atomic E-state index is 11.2. The summed E-state index contributed by atoms with van der Waals surface area (Å²) in [5.41, 5.74) is 0. The van der Waals surface area contributed by atoms with Crippen molar-refractivity contribution in [3.05, 3.63) is 0 Å². The number of rotatable bonds is 5. The van der Waals surface area contributed by atoms with E-state index in [9.17, 15) is 4.21 Å². The largest absolute Gasteiger partial charge is 0.313 e. The molecule has 0 spiro atoms. The quantitative estimate of drug-likeness (QED) is 0.762. The van der Waals surface area contributed by atoms with E-state index in [4.69, 9.17) is 0 Å². The first kappa shape index (κ1) is 13.1. The standard InChI is InChI=1S/C11H24N2OS/c1-4-10(2)12-9-11(3)13-5-7-15(14)8-6-13/h10-12H,4-9H2,1-3H3. The third kappa shape index (κ3) is 4.62. The van der Waals surface area contributed by atoms with E-state index >= 15 is 0 Å². The number of hydrogen-bond acceptors (Lipinski definition) is 3. The lowest BCUT2D eigenvalue weighted by Crippen LogP contribution is -2.48. The lowest BCUT2D eigenvalue weighted by atomic mass is 10.2. The van der Waals surface area contributed by atoms with Gasteiger partial charge in [0.25, 0.3) is 0 Å². The van der Waals surface area contributed by atoms with Gasteiger partial charge < -0.3 is 5.32 Å². The van der Waals surface area contributed by atoms with Gasteiger partial charge in [0.2, 0.25) is 0 Å². The zero-order chi connectivity index (χ0) is 11.3. The van der Waals surface area contributed by atoms with Crippen molar-refractivity contribution in [2.75, 3.05) is 31.1 Å². The van der Waals surface area contributed by atoms with Gasteiger partial charge in [0.15, 0.2) is 0 Å². The molecule has 0 saturated carbocycles. The highest BCUT2D eigenvalue weighted by atomic mass is 32.2. The van der Waals surface area contributed by atoms with Crippen LogP contribution in [-0.2, 0) is 10.8 Å². The van der Waals surface area contributed by atoms with Gasteiger partial charge in [-0.3, -0.25) is 9.11 Å². The summed E-state index contributed by atoms with van der Waals surface area (Å²) in [6, 6.07) is 1.17. The van der Waals surface area contributed by atoms with E-state index in [1.807, 2.05) is 0 Å². The van der Waals surface area contributed by atoms with E-state index in [0.717, 1.165) is 31.1 Å². The molecule has 0 aliphatic carbocycles. The topological polar surface area (TPSA) is 32.3 Å². The Morgan fingerprint density at radius 3 is 2.47 bits per heavy atom. The maximum Gasteiger partial charge on any atom is 0.0363 e. The molecule has 1 saturated heterocycles. The van der Waals surface area contributed by atoms with E-state index < -0.39 is 10.8 Å². The van der Waals surface area contributed by atoms with Crippen molar-refractivity contribution in [1.29, 1.82) is 0 Å². The average Bonchev–Trinajstić information content (AvgIpc) is 2.26. The molecule has 2 unspecified atom stereocenters. The molecule has 0 bridgehead atoms. The maximum absolute atomic E-state index is 11.2. The zero-order valence-corrected chi connectivity index (χ0v) is 11.0. The van der Waals surface area contributed by atoms with E-state index in [2.05, 4.69) is 31.0 Å². The highest BCUT2D eigenvalue weighted by molar-refractivity contribution is 7.85. The molecule has 4 heteroatoms. The van der Waals surface area contributed by atoms with E-state index in [0.29, 0.717) is 12.1 Å². The summed E-state index contributed by atoms with van der Waals surface area (Å²) in [5.74, 6) is 1.71. The van der Waals surface area contributed by atoms with Gasteiger partial charge in [-0.25, -0.2) is 0 Å². The monoisotopic (exact) mass is 232 g/mol. The molecule has 1 aliphatic rings. The third-order valence-corrected chi connectivity index (χ3v) is 4.49. The Bertz CT molecular complexity index is 201. The molecular weight excluding hydrogens is 208 g/mol. The van der Waals surface area contributed by atoms with Gasteiger partial charge in [-0.2, -0.15) is 0 Å². The van der Waals surface area contributed by atoms with Crippen molar-refractivity contribution < 1.29 is 4.21 Å². The van der Waals surface area contributed by atoms with Crippen molar-refractivity contribution in [3.63, 3.8) is 0 Å². The zero-order valence-electron chi connectivity index (χ0n) is 10.2. The lowest BCUT2D eigenvalue weighted by molar-refractivity contribution is 0.219. The average molecular weight is 232 g/mol. The highest BCUT2D eigenvalue weighted by Gasteiger charge is 2.19. The summed E-state index contributed by atoms with van der Waals surface area (Å²) < 4.78 is 11.2. The SMILES string of the molecule is CCC(C)NCC(C)N1CCS(=O)CC1. The van der Waals surface area contributed by atoms with Crippen LogP contribution in [0, 0.1) is 0 Å². The summed E-state index contributed by atoms with van der Waals surface area (Å²) in [7, 11) is -0.554. The summed E-state index contributed by atoms with van der Waals surface area (Å²) >= 11 is 0. The first-order valence-electron chi connectivity index (χ1n) is 5.96. The molecule has 1 rings (SSSR count). The normalized spacial score (nSPS) is 23.9. The minimum atomic E-state index is -0.554. The van der Waals surface area contributed by atoms with Crippen LogP contribution >= 0.6 is 0 Å². The van der Waals surface area contributed by atoms with Crippen LogP contribution in [0.15, 0.2) is 0 Å². The fraction of sp³-hybridized carbons (Fsp3) is 1.00. The molecule has 90 valence electrons. The molecule has 0 aromatic heterocycles. The Kier molecular flexibility index (Phi) is 5.79. The third-order valence-electron chi connectivity index (χ3n) is 3.21. The first-order chi connectivity index (χ1) is 7.13. The van der Waals surface area contributed by atoms with Crippen LogP contribution in [0.1, 0.15) is 27.2 Å². The van der Waals surface area contributed by atoms with Crippen LogP contribution in [0.2, 0.25) is 0 Å². The summed E-state index contributed by atoms with van der Waals surface area (Å²) in [5, 5.41) is 3.52. The Labute approximate surface area is 96.1 Å². The molecule has 1 aliphatic heterocycles. The van der Waals surface area contributed by atoms with Gasteiger partial charge in [-0.05, 0) is 20.3 Å². The van der Waals surface area contributed by atoms with Crippen LogP contribution in [0.4, 0.5) is 0 Å². The van der Waals surface area contributed by atoms with Crippen LogP contribution in [0.25, 0.3) is 0 Å². The number of nitrogens with zero attached hydrogens (tertiary/aromatic N) is 1. The summed E-state index contributed by atoms with van der Waals surface area (Å²) in [4.78, 5) is 2.44. The molecule has 0 radical (unpaired) electrons.